The Morgan fingerprint density at radius 2 is 2.25 bits per heavy atom. The number of aromatic nitrogens is 1. The van der Waals surface area contributed by atoms with E-state index in [0.717, 1.165) is 18.5 Å². The average molecular weight is 345 g/mol. The number of benzene rings is 1. The summed E-state index contributed by atoms with van der Waals surface area (Å²) >= 11 is 6.26. The SMILES string of the molecule is O=C(c1cnc(O[C@@H]2CCOC2)c(Cl)c1)N1CCc2ccccc21. The Hall–Kier alpha value is -2.11. The van der Waals surface area contributed by atoms with Gasteiger partial charge in [-0.25, -0.2) is 4.98 Å². The zero-order valence-corrected chi connectivity index (χ0v) is 13.8. The maximum Gasteiger partial charge on any atom is 0.259 e. The molecule has 1 amide bonds. The first kappa shape index (κ1) is 15.4. The van der Waals surface area contributed by atoms with Crippen molar-refractivity contribution >= 4 is 23.2 Å². The molecule has 1 atom stereocenters. The summed E-state index contributed by atoms with van der Waals surface area (Å²) in [6.07, 6.45) is 3.19. The lowest BCUT2D eigenvalue weighted by Crippen LogP contribution is -2.29. The van der Waals surface area contributed by atoms with Gasteiger partial charge in [0.15, 0.2) is 0 Å². The van der Waals surface area contributed by atoms with E-state index in [0.29, 0.717) is 36.2 Å². The fraction of sp³-hybridized carbons (Fsp3) is 0.333. The number of halogens is 1. The quantitative estimate of drug-likeness (QED) is 0.858. The van der Waals surface area contributed by atoms with Crippen LogP contribution in [0.25, 0.3) is 0 Å². The Labute approximate surface area is 145 Å². The van der Waals surface area contributed by atoms with Crippen molar-refractivity contribution in [3.8, 4) is 5.88 Å². The molecule has 1 fully saturated rings. The second-order valence-corrected chi connectivity index (χ2v) is 6.36. The van der Waals surface area contributed by atoms with E-state index in [1.54, 1.807) is 11.0 Å². The number of rotatable bonds is 3. The summed E-state index contributed by atoms with van der Waals surface area (Å²) in [7, 11) is 0. The van der Waals surface area contributed by atoms with Crippen molar-refractivity contribution in [2.75, 3.05) is 24.7 Å². The Bertz CT molecular complexity index is 775. The van der Waals surface area contributed by atoms with Crippen LogP contribution in [-0.2, 0) is 11.2 Å². The lowest BCUT2D eigenvalue weighted by Gasteiger charge is -2.18. The minimum Gasteiger partial charge on any atom is -0.471 e. The first-order valence-corrected chi connectivity index (χ1v) is 8.40. The number of hydrogen-bond donors (Lipinski definition) is 0. The van der Waals surface area contributed by atoms with Crippen molar-refractivity contribution in [2.45, 2.75) is 18.9 Å². The van der Waals surface area contributed by atoms with E-state index in [2.05, 4.69) is 11.1 Å². The molecule has 1 saturated heterocycles. The van der Waals surface area contributed by atoms with Crippen LogP contribution in [0.4, 0.5) is 5.69 Å². The molecular formula is C18H17ClN2O3. The van der Waals surface area contributed by atoms with E-state index < -0.39 is 0 Å². The predicted molar refractivity (Wildman–Crippen MR) is 90.9 cm³/mol. The third-order valence-electron chi connectivity index (χ3n) is 4.35. The molecule has 3 heterocycles. The monoisotopic (exact) mass is 344 g/mol. The minimum atomic E-state index is -0.0925. The second-order valence-electron chi connectivity index (χ2n) is 5.95. The van der Waals surface area contributed by atoms with Gasteiger partial charge in [0.1, 0.15) is 11.1 Å². The summed E-state index contributed by atoms with van der Waals surface area (Å²) in [6.45, 7) is 1.91. The molecule has 2 aliphatic heterocycles. The summed E-state index contributed by atoms with van der Waals surface area (Å²) in [5.41, 5.74) is 2.61. The first-order valence-electron chi connectivity index (χ1n) is 8.02. The average Bonchev–Trinajstić information content (AvgIpc) is 3.25. The van der Waals surface area contributed by atoms with Crippen LogP contribution < -0.4 is 9.64 Å². The molecule has 2 aromatic rings. The topological polar surface area (TPSA) is 51.7 Å². The number of nitrogens with zero attached hydrogens (tertiary/aromatic N) is 2. The second kappa shape index (κ2) is 6.42. The van der Waals surface area contributed by atoms with Crippen molar-refractivity contribution in [3.05, 3.63) is 52.7 Å². The van der Waals surface area contributed by atoms with Gasteiger partial charge in [0.05, 0.1) is 18.8 Å². The number of pyridine rings is 1. The molecule has 4 rings (SSSR count). The standard InChI is InChI=1S/C18H17ClN2O3/c19-15-9-13(10-20-17(15)24-14-6-8-23-11-14)18(22)21-7-5-12-3-1-2-4-16(12)21/h1-4,9-10,14H,5-8,11H2/t14-/m1/s1. The highest BCUT2D eigenvalue weighted by atomic mass is 35.5. The molecule has 6 heteroatoms. The summed E-state index contributed by atoms with van der Waals surface area (Å²) in [5, 5.41) is 0.347. The van der Waals surface area contributed by atoms with Crippen LogP contribution in [0.5, 0.6) is 5.88 Å². The number of ether oxygens (including phenoxy) is 2. The number of amides is 1. The Balaban J connectivity index is 1.54. The molecule has 1 aromatic carbocycles. The molecule has 0 bridgehead atoms. The highest BCUT2D eigenvalue weighted by Gasteiger charge is 2.26. The smallest absolute Gasteiger partial charge is 0.259 e. The van der Waals surface area contributed by atoms with Gasteiger partial charge in [-0.15, -0.1) is 0 Å². The number of carbonyl (C=O) groups excluding carboxylic acids is 1. The Kier molecular flexibility index (Phi) is 4.12. The number of fused-ring (bicyclic) bond motifs is 1. The van der Waals surface area contributed by atoms with Gasteiger partial charge < -0.3 is 14.4 Å². The van der Waals surface area contributed by atoms with E-state index in [1.807, 2.05) is 18.2 Å². The van der Waals surface area contributed by atoms with Crippen LogP contribution in [0.1, 0.15) is 22.3 Å². The normalized spacial score (nSPS) is 19.4. The van der Waals surface area contributed by atoms with Gasteiger partial charge >= 0.3 is 0 Å². The lowest BCUT2D eigenvalue weighted by atomic mass is 10.2. The van der Waals surface area contributed by atoms with Crippen LogP contribution in [0.2, 0.25) is 5.02 Å². The van der Waals surface area contributed by atoms with Crippen LogP contribution in [-0.4, -0.2) is 36.8 Å². The van der Waals surface area contributed by atoms with Crippen LogP contribution in [0.15, 0.2) is 36.5 Å². The molecule has 0 spiro atoms. The maximum absolute atomic E-state index is 12.8. The van der Waals surface area contributed by atoms with Gasteiger partial charge in [-0.3, -0.25) is 4.79 Å². The van der Waals surface area contributed by atoms with Crippen molar-refractivity contribution in [2.24, 2.45) is 0 Å². The molecule has 0 N–H and O–H groups in total. The van der Waals surface area contributed by atoms with Crippen LogP contribution in [0, 0.1) is 0 Å². The third kappa shape index (κ3) is 2.85. The van der Waals surface area contributed by atoms with Gasteiger partial charge in [0, 0.05) is 24.8 Å². The molecule has 1 aromatic heterocycles. The van der Waals surface area contributed by atoms with Crippen molar-refractivity contribution in [3.63, 3.8) is 0 Å². The Morgan fingerprint density at radius 1 is 1.38 bits per heavy atom. The lowest BCUT2D eigenvalue weighted by molar-refractivity contribution is 0.0988. The van der Waals surface area contributed by atoms with Crippen LogP contribution >= 0.6 is 11.6 Å². The molecular weight excluding hydrogens is 328 g/mol. The highest BCUT2D eigenvalue weighted by Crippen LogP contribution is 2.30. The van der Waals surface area contributed by atoms with Crippen molar-refractivity contribution in [1.29, 1.82) is 0 Å². The molecule has 5 nitrogen and oxygen atoms in total. The van der Waals surface area contributed by atoms with E-state index in [4.69, 9.17) is 21.1 Å². The predicted octanol–water partition coefficient (Wildman–Crippen LogP) is 3.11. The van der Waals surface area contributed by atoms with E-state index in [9.17, 15) is 4.79 Å². The van der Waals surface area contributed by atoms with Crippen LogP contribution in [0.3, 0.4) is 0 Å². The molecule has 0 aliphatic carbocycles. The fourth-order valence-corrected chi connectivity index (χ4v) is 3.31. The molecule has 0 saturated carbocycles. The first-order chi connectivity index (χ1) is 11.7. The van der Waals surface area contributed by atoms with Gasteiger partial charge in [0.2, 0.25) is 5.88 Å². The van der Waals surface area contributed by atoms with E-state index in [-0.39, 0.29) is 12.0 Å². The zero-order chi connectivity index (χ0) is 16.5. The van der Waals surface area contributed by atoms with E-state index in [1.165, 1.54) is 11.8 Å². The summed E-state index contributed by atoms with van der Waals surface area (Å²) in [4.78, 5) is 18.8. The van der Waals surface area contributed by atoms with Gasteiger partial charge in [-0.05, 0) is 24.1 Å². The number of carbonyl (C=O) groups is 1. The summed E-state index contributed by atoms with van der Waals surface area (Å²) in [5.74, 6) is 0.260. The summed E-state index contributed by atoms with van der Waals surface area (Å²) < 4.78 is 11.0. The van der Waals surface area contributed by atoms with E-state index >= 15 is 0 Å². The van der Waals surface area contributed by atoms with Gasteiger partial charge in [-0.1, -0.05) is 29.8 Å². The molecule has 124 valence electrons. The zero-order valence-electron chi connectivity index (χ0n) is 13.1. The largest absolute Gasteiger partial charge is 0.471 e. The third-order valence-corrected chi connectivity index (χ3v) is 4.62. The summed E-state index contributed by atoms with van der Waals surface area (Å²) in [6, 6.07) is 9.57. The minimum absolute atomic E-state index is 0.0259. The van der Waals surface area contributed by atoms with Crippen molar-refractivity contribution < 1.29 is 14.3 Å². The fourth-order valence-electron chi connectivity index (χ4n) is 3.10. The number of anilines is 1. The van der Waals surface area contributed by atoms with Gasteiger partial charge in [-0.2, -0.15) is 0 Å². The number of hydrogen-bond acceptors (Lipinski definition) is 4. The molecule has 2 aliphatic rings. The highest BCUT2D eigenvalue weighted by molar-refractivity contribution is 6.32. The molecule has 24 heavy (non-hydrogen) atoms. The molecule has 0 unspecified atom stereocenters. The molecule has 0 radical (unpaired) electrons. The van der Waals surface area contributed by atoms with Crippen molar-refractivity contribution in [1.82, 2.24) is 4.98 Å². The Morgan fingerprint density at radius 3 is 3.04 bits per heavy atom. The maximum atomic E-state index is 12.8. The number of para-hydroxylation sites is 1. The van der Waals surface area contributed by atoms with Gasteiger partial charge in [0.25, 0.3) is 5.91 Å².